The lowest BCUT2D eigenvalue weighted by Crippen LogP contribution is -2.57. The number of fused-ring (bicyclic) bond motifs is 1. The van der Waals surface area contributed by atoms with Gasteiger partial charge in [0.25, 0.3) is 0 Å². The number of nitrogens with zero attached hydrogens (tertiary/aromatic N) is 3. The Morgan fingerprint density at radius 1 is 0.968 bits per heavy atom. The Morgan fingerprint density at radius 2 is 1.52 bits per heavy atom. The minimum Gasteiger partial charge on any atom is -0.353 e. The molecule has 3 aliphatic rings. The van der Waals surface area contributed by atoms with Crippen molar-refractivity contribution in [3.05, 3.63) is 12.2 Å². The number of rotatable bonds is 7. The molecule has 3 rings (SSSR count). The molecular weight excluding hydrogens is 396 g/mol. The Labute approximate surface area is 185 Å². The highest BCUT2D eigenvalue weighted by Gasteiger charge is 2.51. The van der Waals surface area contributed by atoms with E-state index in [1.165, 1.54) is 4.90 Å². The van der Waals surface area contributed by atoms with E-state index < -0.39 is 6.04 Å². The predicted molar refractivity (Wildman–Crippen MR) is 117 cm³/mol. The number of hydrogen-bond donors (Lipinski definition) is 1. The molecule has 2 aliphatic heterocycles. The first-order valence-corrected chi connectivity index (χ1v) is 11.5. The Kier molecular flexibility index (Phi) is 7.51. The molecule has 2 saturated heterocycles. The second-order valence-corrected chi connectivity index (χ2v) is 9.67. The zero-order valence-corrected chi connectivity index (χ0v) is 19.2. The van der Waals surface area contributed by atoms with E-state index in [2.05, 4.69) is 5.32 Å². The van der Waals surface area contributed by atoms with E-state index in [1.54, 1.807) is 4.90 Å². The highest BCUT2D eigenvalue weighted by Crippen LogP contribution is 2.37. The molecule has 172 valence electrons. The van der Waals surface area contributed by atoms with Crippen molar-refractivity contribution in [3.8, 4) is 0 Å². The normalized spacial score (nSPS) is 25.4. The number of piperazine rings is 1. The van der Waals surface area contributed by atoms with Gasteiger partial charge in [0.1, 0.15) is 6.04 Å². The van der Waals surface area contributed by atoms with Gasteiger partial charge in [-0.2, -0.15) is 0 Å². The first kappa shape index (κ1) is 23.4. The third kappa shape index (κ3) is 5.34. The second kappa shape index (κ2) is 9.94. The molecule has 2 fully saturated rings. The number of allylic oxidation sites excluding steroid dienone is 2. The summed E-state index contributed by atoms with van der Waals surface area (Å²) in [6.07, 6.45) is 5.55. The topological polar surface area (TPSA) is 90.0 Å². The summed E-state index contributed by atoms with van der Waals surface area (Å²) < 4.78 is 0. The van der Waals surface area contributed by atoms with Crippen molar-refractivity contribution >= 4 is 23.6 Å². The number of likely N-dealkylation sites (tertiary alicyclic amines) is 1. The van der Waals surface area contributed by atoms with Crippen LogP contribution in [0.25, 0.3) is 0 Å². The van der Waals surface area contributed by atoms with Gasteiger partial charge in [-0.05, 0) is 39.0 Å². The van der Waals surface area contributed by atoms with E-state index in [0.29, 0.717) is 52.0 Å². The van der Waals surface area contributed by atoms with Gasteiger partial charge in [-0.25, -0.2) is 0 Å². The van der Waals surface area contributed by atoms with Crippen LogP contribution < -0.4 is 5.32 Å². The summed E-state index contributed by atoms with van der Waals surface area (Å²) >= 11 is 0. The molecule has 1 aliphatic carbocycles. The molecule has 1 N–H and O–H groups in total. The minimum atomic E-state index is -0.735. The molecule has 8 heteroatoms. The molecule has 0 aromatic heterocycles. The average molecular weight is 433 g/mol. The third-order valence-corrected chi connectivity index (χ3v) is 6.33. The maximum absolute atomic E-state index is 13.5. The molecule has 0 spiro atoms. The fourth-order valence-electron chi connectivity index (χ4n) is 4.80. The summed E-state index contributed by atoms with van der Waals surface area (Å²) in [6, 6.07) is -0.636. The summed E-state index contributed by atoms with van der Waals surface area (Å²) in [4.78, 5) is 56.7. The lowest BCUT2D eigenvalue weighted by Gasteiger charge is -2.38. The molecule has 0 aromatic carbocycles. The second-order valence-electron chi connectivity index (χ2n) is 9.67. The summed E-state index contributed by atoms with van der Waals surface area (Å²) in [5, 5.41) is 2.89. The highest BCUT2D eigenvalue weighted by atomic mass is 16.2. The van der Waals surface area contributed by atoms with Crippen molar-refractivity contribution in [2.75, 3.05) is 32.7 Å². The Morgan fingerprint density at radius 3 is 2.00 bits per heavy atom. The van der Waals surface area contributed by atoms with Crippen LogP contribution in [0.4, 0.5) is 0 Å². The van der Waals surface area contributed by atoms with Gasteiger partial charge >= 0.3 is 0 Å². The molecule has 0 aromatic rings. The molecular formula is C23H36N4O4. The fraction of sp³-hybridized carbons (Fsp3) is 0.739. The summed E-state index contributed by atoms with van der Waals surface area (Å²) in [5.41, 5.74) is 0. The molecule has 4 amide bonds. The van der Waals surface area contributed by atoms with Gasteiger partial charge in [0.05, 0.1) is 18.4 Å². The number of carbonyl (C=O) groups is 4. The van der Waals surface area contributed by atoms with Crippen LogP contribution >= 0.6 is 0 Å². The van der Waals surface area contributed by atoms with E-state index in [4.69, 9.17) is 0 Å². The number of carbonyl (C=O) groups excluding carboxylic acids is 4. The van der Waals surface area contributed by atoms with Crippen LogP contribution in [0.2, 0.25) is 0 Å². The smallest absolute Gasteiger partial charge is 0.245 e. The van der Waals surface area contributed by atoms with E-state index in [-0.39, 0.29) is 47.4 Å². The largest absolute Gasteiger partial charge is 0.353 e. The first-order valence-electron chi connectivity index (χ1n) is 11.5. The zero-order chi connectivity index (χ0) is 22.7. The van der Waals surface area contributed by atoms with E-state index >= 15 is 0 Å². The van der Waals surface area contributed by atoms with Gasteiger partial charge in [0.2, 0.25) is 23.6 Å². The van der Waals surface area contributed by atoms with Crippen LogP contribution in [0.3, 0.4) is 0 Å². The van der Waals surface area contributed by atoms with Crippen LogP contribution in [0, 0.1) is 17.8 Å². The third-order valence-electron chi connectivity index (χ3n) is 6.33. The van der Waals surface area contributed by atoms with E-state index in [1.807, 2.05) is 44.7 Å². The molecule has 8 nitrogen and oxygen atoms in total. The number of imide groups is 1. The summed E-state index contributed by atoms with van der Waals surface area (Å²) in [7, 11) is 0. The molecule has 3 unspecified atom stereocenters. The molecule has 2 heterocycles. The zero-order valence-electron chi connectivity index (χ0n) is 19.2. The maximum atomic E-state index is 13.5. The van der Waals surface area contributed by atoms with Gasteiger partial charge in [-0.15, -0.1) is 0 Å². The van der Waals surface area contributed by atoms with Gasteiger partial charge < -0.3 is 10.2 Å². The first-order chi connectivity index (χ1) is 14.7. The van der Waals surface area contributed by atoms with Gasteiger partial charge in [0.15, 0.2) is 0 Å². The van der Waals surface area contributed by atoms with Crippen LogP contribution in [-0.2, 0) is 19.2 Å². The molecule has 0 saturated carbocycles. The summed E-state index contributed by atoms with van der Waals surface area (Å²) in [5.74, 6) is -1.02. The van der Waals surface area contributed by atoms with E-state index in [0.717, 1.165) is 0 Å². The van der Waals surface area contributed by atoms with Crippen molar-refractivity contribution in [3.63, 3.8) is 0 Å². The van der Waals surface area contributed by atoms with Crippen molar-refractivity contribution in [1.82, 2.24) is 20.0 Å². The number of amides is 4. The van der Waals surface area contributed by atoms with Crippen LogP contribution in [0.1, 0.15) is 47.0 Å². The molecule has 3 atom stereocenters. The monoisotopic (exact) mass is 432 g/mol. The number of hydrogen-bond acceptors (Lipinski definition) is 5. The molecule has 0 radical (unpaired) electrons. The highest BCUT2D eigenvalue weighted by molar-refractivity contribution is 6.08. The lowest BCUT2D eigenvalue weighted by molar-refractivity contribution is -0.153. The maximum Gasteiger partial charge on any atom is 0.245 e. The Bertz CT molecular complexity index is 714. The predicted octanol–water partition coefficient (Wildman–Crippen LogP) is 1.02. The SMILES string of the molecule is CC(C)CC(C(=O)N1CCN(CC(=O)NC(C)C)CC1)N1C(=O)C2CC=CCC2C1=O. The summed E-state index contributed by atoms with van der Waals surface area (Å²) in [6.45, 7) is 10.4. The van der Waals surface area contributed by atoms with Crippen molar-refractivity contribution < 1.29 is 19.2 Å². The fourth-order valence-corrected chi connectivity index (χ4v) is 4.80. The van der Waals surface area contributed by atoms with Crippen LogP contribution in [0.15, 0.2) is 12.2 Å². The minimum absolute atomic E-state index is 0.0167. The number of nitrogens with one attached hydrogen (secondary N) is 1. The molecule has 31 heavy (non-hydrogen) atoms. The lowest BCUT2D eigenvalue weighted by atomic mass is 9.85. The van der Waals surface area contributed by atoms with Crippen LogP contribution in [0.5, 0.6) is 0 Å². The van der Waals surface area contributed by atoms with Gasteiger partial charge in [-0.1, -0.05) is 26.0 Å². The standard InChI is InChI=1S/C23H36N4O4/c1-15(2)13-19(27-21(29)17-7-5-6-8-18(17)22(27)30)23(31)26-11-9-25(10-12-26)14-20(28)24-16(3)4/h5-6,15-19H,7-14H2,1-4H3,(H,24,28). The van der Waals surface area contributed by atoms with Crippen molar-refractivity contribution in [2.45, 2.75) is 59.0 Å². The van der Waals surface area contributed by atoms with E-state index in [9.17, 15) is 19.2 Å². The van der Waals surface area contributed by atoms with Gasteiger partial charge in [0, 0.05) is 32.2 Å². The molecule has 0 bridgehead atoms. The Hall–Kier alpha value is -2.22. The van der Waals surface area contributed by atoms with Crippen LogP contribution in [-0.4, -0.2) is 83.1 Å². The van der Waals surface area contributed by atoms with Crippen molar-refractivity contribution in [1.29, 1.82) is 0 Å². The Balaban J connectivity index is 1.65. The van der Waals surface area contributed by atoms with Gasteiger partial charge in [-0.3, -0.25) is 29.0 Å². The average Bonchev–Trinajstić information content (AvgIpc) is 2.96. The quantitative estimate of drug-likeness (QED) is 0.479. The van der Waals surface area contributed by atoms with Crippen molar-refractivity contribution in [2.24, 2.45) is 17.8 Å².